The summed E-state index contributed by atoms with van der Waals surface area (Å²) in [6.45, 7) is 5.53. The molecule has 0 aromatic rings. The maximum Gasteiger partial charge on any atom is 0.432 e. The number of esters is 1. The largest absolute Gasteiger partial charge is 0.743 e. The van der Waals surface area contributed by atoms with Crippen molar-refractivity contribution in [3.63, 3.8) is 0 Å². The number of alkyl halides is 5. The summed E-state index contributed by atoms with van der Waals surface area (Å²) in [6.07, 6.45) is -8.53. The third kappa shape index (κ3) is 5.25. The number of carbonyl (C=O) groups is 4. The van der Waals surface area contributed by atoms with E-state index in [9.17, 15) is 54.1 Å². The van der Waals surface area contributed by atoms with Gasteiger partial charge < -0.3 is 9.29 Å². The zero-order valence-electron chi connectivity index (χ0n) is 23.0. The molecule has 0 saturated heterocycles. The van der Waals surface area contributed by atoms with Gasteiger partial charge in [0.1, 0.15) is 17.3 Å². The first-order valence-corrected chi connectivity index (χ1v) is 15.2. The van der Waals surface area contributed by atoms with Crippen LogP contribution in [0, 0.1) is 46.3 Å². The summed E-state index contributed by atoms with van der Waals surface area (Å²) in [6, 6.07) is 0. The number of fused-ring (bicyclic) bond motifs is 5. The Balaban J connectivity index is 1.47. The maximum absolute atomic E-state index is 13.8. The Kier molecular flexibility index (Phi) is 8.06. The molecular formula is C27H34F5O8S-. The Labute approximate surface area is 234 Å². The van der Waals surface area contributed by atoms with Crippen molar-refractivity contribution in [2.24, 2.45) is 46.3 Å². The minimum Gasteiger partial charge on any atom is -0.743 e. The molecule has 3 unspecified atom stereocenters. The molecule has 4 aliphatic rings. The van der Waals surface area contributed by atoms with Gasteiger partial charge in [-0.25, -0.2) is 8.42 Å². The van der Waals surface area contributed by atoms with Crippen LogP contribution in [0.25, 0.3) is 0 Å². The highest BCUT2D eigenvalue weighted by Gasteiger charge is 2.66. The van der Waals surface area contributed by atoms with Gasteiger partial charge in [-0.2, -0.15) is 22.0 Å². The minimum absolute atomic E-state index is 0.0373. The number of hydrogen-bond donors (Lipinski definition) is 0. The first kappa shape index (κ1) is 32.0. The number of ether oxygens (including phenoxy) is 1. The van der Waals surface area contributed by atoms with Gasteiger partial charge in [0.2, 0.25) is 0 Å². The van der Waals surface area contributed by atoms with Crippen LogP contribution in [-0.4, -0.2) is 53.8 Å². The molecular weight excluding hydrogens is 579 g/mol. The predicted octanol–water partition coefficient (Wildman–Crippen LogP) is 4.60. The fourth-order valence-electron chi connectivity index (χ4n) is 8.58. The van der Waals surface area contributed by atoms with Crippen LogP contribution >= 0.6 is 0 Å². The lowest BCUT2D eigenvalue weighted by molar-refractivity contribution is -0.259. The Hall–Kier alpha value is -1.96. The Morgan fingerprint density at radius 2 is 1.68 bits per heavy atom. The van der Waals surface area contributed by atoms with Crippen LogP contribution in [0.3, 0.4) is 0 Å². The number of rotatable bonds is 7. The molecule has 0 bridgehead atoms. The first-order chi connectivity index (χ1) is 18.7. The minimum atomic E-state index is -6.79. The Bertz CT molecular complexity index is 1230. The lowest BCUT2D eigenvalue weighted by Gasteiger charge is -2.58. The van der Waals surface area contributed by atoms with E-state index in [1.54, 1.807) is 13.8 Å². The molecule has 0 heterocycles. The molecule has 4 aliphatic carbocycles. The monoisotopic (exact) mass is 613 g/mol. The zero-order chi connectivity index (χ0) is 30.9. The second-order valence-corrected chi connectivity index (χ2v) is 14.3. The molecule has 0 spiro atoms. The van der Waals surface area contributed by atoms with Crippen LogP contribution < -0.4 is 0 Å². The molecule has 41 heavy (non-hydrogen) atoms. The second kappa shape index (κ2) is 10.3. The summed E-state index contributed by atoms with van der Waals surface area (Å²) in [5.41, 5.74) is -1.25. The Morgan fingerprint density at radius 1 is 1.05 bits per heavy atom. The van der Waals surface area contributed by atoms with Crippen molar-refractivity contribution < 1.29 is 58.8 Å². The van der Waals surface area contributed by atoms with Crippen molar-refractivity contribution in [3.05, 3.63) is 0 Å². The summed E-state index contributed by atoms with van der Waals surface area (Å²) in [7, 11) is -6.79. The van der Waals surface area contributed by atoms with Crippen LogP contribution in [0.1, 0.15) is 78.6 Å². The smallest absolute Gasteiger partial charge is 0.432 e. The van der Waals surface area contributed by atoms with E-state index in [4.69, 9.17) is 0 Å². The van der Waals surface area contributed by atoms with Gasteiger partial charge in [0.15, 0.2) is 10.1 Å². The molecule has 8 nitrogen and oxygen atoms in total. The van der Waals surface area contributed by atoms with Crippen molar-refractivity contribution in [3.8, 4) is 0 Å². The van der Waals surface area contributed by atoms with Crippen molar-refractivity contribution >= 4 is 33.4 Å². The predicted molar refractivity (Wildman–Crippen MR) is 130 cm³/mol. The molecule has 0 aliphatic heterocycles. The molecule has 0 amide bonds. The van der Waals surface area contributed by atoms with Crippen molar-refractivity contribution in [1.29, 1.82) is 0 Å². The molecule has 0 radical (unpaired) electrons. The molecule has 14 heteroatoms. The highest BCUT2D eigenvalue weighted by atomic mass is 32.2. The number of Topliss-reactive ketones (excluding diaryl/α,β-unsaturated/α-hetero) is 3. The third-order valence-electron chi connectivity index (χ3n) is 10.9. The zero-order valence-corrected chi connectivity index (χ0v) is 23.8. The van der Waals surface area contributed by atoms with E-state index in [1.165, 1.54) is 0 Å². The number of hydrogen-bond acceptors (Lipinski definition) is 8. The lowest BCUT2D eigenvalue weighted by Crippen LogP contribution is -2.60. The highest BCUT2D eigenvalue weighted by Crippen LogP contribution is 2.66. The van der Waals surface area contributed by atoms with Gasteiger partial charge in [-0.15, -0.1) is 0 Å². The fourth-order valence-corrected chi connectivity index (χ4v) is 9.03. The standard InChI is InChI=1S/C27H35F5O8S/c1-13(4-7-21(36)40-23(26(28,29)30)27(31,32)41(37,38)39)16-5-6-17-22-18(12-20(35)25(16,17)3)24(2)9-8-15(33)10-14(24)11-19(22)34/h13-14,16-18,22-23H,4-12H2,1-3H3,(H,37,38,39)/p-1/t13?,14-,16+,17-,18-,22?,23?,24-,25+/m0/s1. The molecule has 0 aromatic heterocycles. The molecule has 4 fully saturated rings. The van der Waals surface area contributed by atoms with E-state index in [-0.39, 0.29) is 71.6 Å². The van der Waals surface area contributed by atoms with Gasteiger partial charge in [0.25, 0.3) is 6.10 Å². The highest BCUT2D eigenvalue weighted by molar-refractivity contribution is 7.86. The van der Waals surface area contributed by atoms with Gasteiger partial charge in [-0.1, -0.05) is 20.8 Å². The third-order valence-corrected chi connectivity index (χ3v) is 11.8. The van der Waals surface area contributed by atoms with Gasteiger partial charge >= 0.3 is 17.4 Å². The lowest BCUT2D eigenvalue weighted by atomic mass is 9.44. The second-order valence-electron chi connectivity index (χ2n) is 12.9. The van der Waals surface area contributed by atoms with E-state index in [0.717, 1.165) is 0 Å². The summed E-state index contributed by atoms with van der Waals surface area (Å²) < 4.78 is 103. The molecule has 232 valence electrons. The van der Waals surface area contributed by atoms with E-state index < -0.39 is 51.4 Å². The number of ketones is 3. The fraction of sp³-hybridized carbons (Fsp3) is 0.852. The first-order valence-electron chi connectivity index (χ1n) is 13.8. The molecule has 4 saturated carbocycles. The van der Waals surface area contributed by atoms with E-state index in [2.05, 4.69) is 11.7 Å². The quantitative estimate of drug-likeness (QED) is 0.231. The molecule has 4 rings (SSSR count). The summed E-state index contributed by atoms with van der Waals surface area (Å²) in [4.78, 5) is 51.5. The van der Waals surface area contributed by atoms with Crippen LogP contribution in [0.2, 0.25) is 0 Å². The van der Waals surface area contributed by atoms with Crippen LogP contribution in [-0.2, 0) is 34.0 Å². The summed E-state index contributed by atoms with van der Waals surface area (Å²) >= 11 is 0. The van der Waals surface area contributed by atoms with Gasteiger partial charge in [0, 0.05) is 43.4 Å². The summed E-state index contributed by atoms with van der Waals surface area (Å²) in [5, 5.41) is -5.92. The van der Waals surface area contributed by atoms with Crippen LogP contribution in [0.5, 0.6) is 0 Å². The van der Waals surface area contributed by atoms with Gasteiger partial charge in [-0.05, 0) is 60.7 Å². The van der Waals surface area contributed by atoms with Crippen LogP contribution in [0.4, 0.5) is 22.0 Å². The SMILES string of the molecule is CC(CCC(=O)OC(C(F)(F)F)C(F)(F)S(=O)(=O)[O-])[C@H]1CC[C@H]2C3C(=O)C[C@@H]4CC(=O)CC[C@]4(C)[C@H]3CC(=O)[C@]12C. The van der Waals surface area contributed by atoms with E-state index >= 15 is 0 Å². The molecule has 0 aromatic carbocycles. The van der Waals surface area contributed by atoms with E-state index in [1.807, 2.05) is 0 Å². The van der Waals surface area contributed by atoms with Gasteiger partial charge in [0.05, 0.1) is 0 Å². The average Bonchev–Trinajstić information content (AvgIpc) is 3.19. The van der Waals surface area contributed by atoms with Crippen molar-refractivity contribution in [1.82, 2.24) is 0 Å². The Morgan fingerprint density at radius 3 is 2.27 bits per heavy atom. The normalized spacial score (nSPS) is 37.6. The van der Waals surface area contributed by atoms with Gasteiger partial charge in [-0.3, -0.25) is 19.2 Å². The topological polar surface area (TPSA) is 135 Å². The number of carbonyl (C=O) groups excluding carboxylic acids is 4. The van der Waals surface area contributed by atoms with Crippen molar-refractivity contribution in [2.75, 3.05) is 0 Å². The molecule has 0 N–H and O–H groups in total. The van der Waals surface area contributed by atoms with Crippen molar-refractivity contribution in [2.45, 2.75) is 96.1 Å². The van der Waals surface area contributed by atoms with E-state index in [0.29, 0.717) is 32.1 Å². The average molecular weight is 614 g/mol. The summed E-state index contributed by atoms with van der Waals surface area (Å²) in [5.74, 6) is -3.35. The maximum atomic E-state index is 13.8. The number of halogens is 5. The van der Waals surface area contributed by atoms with Crippen LogP contribution in [0.15, 0.2) is 0 Å². The molecule has 9 atom stereocenters.